The quantitative estimate of drug-likeness (QED) is 0.621. The van der Waals surface area contributed by atoms with Crippen LogP contribution in [0.5, 0.6) is 0 Å². The van der Waals surface area contributed by atoms with Gasteiger partial charge in [-0.2, -0.15) is 0 Å². The number of hydrogen-bond donors (Lipinski definition) is 2. The number of aliphatic imine (C=N–C) groups is 1. The lowest BCUT2D eigenvalue weighted by Crippen LogP contribution is -2.48. The smallest absolute Gasteiger partial charge is 0.242 e. The van der Waals surface area contributed by atoms with Crippen molar-refractivity contribution in [3.05, 3.63) is 35.4 Å². The second kappa shape index (κ2) is 9.03. The van der Waals surface area contributed by atoms with Gasteiger partial charge in [-0.25, -0.2) is 0 Å². The van der Waals surface area contributed by atoms with Crippen LogP contribution in [0.15, 0.2) is 29.3 Å². The standard InChI is InChI=1S/C20H32N4O2/c1-20(2,3)17(26-5)12-22-19(21-4)23-13-18(25)24-11-10-15-8-6-7-9-16(15)14-24/h6-9,17H,10-14H2,1-5H3,(H2,21,22,23). The molecule has 1 atom stereocenters. The lowest BCUT2D eigenvalue weighted by molar-refractivity contribution is -0.130. The van der Waals surface area contributed by atoms with Crippen molar-refractivity contribution in [3.8, 4) is 0 Å². The Kier molecular flexibility index (Phi) is 7.03. The lowest BCUT2D eigenvalue weighted by Gasteiger charge is -2.30. The molecule has 1 unspecified atom stereocenters. The maximum atomic E-state index is 12.5. The van der Waals surface area contributed by atoms with E-state index in [9.17, 15) is 4.79 Å². The first-order chi connectivity index (χ1) is 12.3. The zero-order chi connectivity index (χ0) is 19.2. The number of ether oxygens (including phenoxy) is 1. The van der Waals surface area contributed by atoms with Crippen molar-refractivity contribution in [1.29, 1.82) is 0 Å². The van der Waals surface area contributed by atoms with E-state index in [4.69, 9.17) is 4.74 Å². The van der Waals surface area contributed by atoms with Gasteiger partial charge in [-0.15, -0.1) is 0 Å². The molecular weight excluding hydrogens is 328 g/mol. The summed E-state index contributed by atoms with van der Waals surface area (Å²) in [6.45, 7) is 8.71. The highest BCUT2D eigenvalue weighted by atomic mass is 16.5. The van der Waals surface area contributed by atoms with Gasteiger partial charge in [-0.1, -0.05) is 45.0 Å². The third-order valence-electron chi connectivity index (χ3n) is 4.82. The summed E-state index contributed by atoms with van der Waals surface area (Å²) in [6.07, 6.45) is 0.964. The fourth-order valence-electron chi connectivity index (χ4n) is 3.13. The predicted octanol–water partition coefficient (Wildman–Crippen LogP) is 1.80. The molecule has 2 N–H and O–H groups in total. The van der Waals surface area contributed by atoms with Gasteiger partial charge in [-0.3, -0.25) is 9.79 Å². The number of guanidine groups is 1. The molecule has 1 aliphatic rings. The summed E-state index contributed by atoms with van der Waals surface area (Å²) in [7, 11) is 3.42. The molecule has 6 nitrogen and oxygen atoms in total. The molecular formula is C20H32N4O2. The zero-order valence-corrected chi connectivity index (χ0v) is 16.6. The maximum absolute atomic E-state index is 12.5. The molecule has 26 heavy (non-hydrogen) atoms. The summed E-state index contributed by atoms with van der Waals surface area (Å²) in [5.74, 6) is 0.698. The molecule has 6 heteroatoms. The summed E-state index contributed by atoms with van der Waals surface area (Å²) in [6, 6.07) is 8.32. The third kappa shape index (κ3) is 5.46. The number of nitrogens with one attached hydrogen (secondary N) is 2. The Labute approximate surface area is 157 Å². The Morgan fingerprint density at radius 1 is 1.27 bits per heavy atom. The van der Waals surface area contributed by atoms with Gasteiger partial charge in [0.2, 0.25) is 5.91 Å². The van der Waals surface area contributed by atoms with Crippen LogP contribution in [0.3, 0.4) is 0 Å². The van der Waals surface area contributed by atoms with Crippen molar-refractivity contribution in [2.24, 2.45) is 10.4 Å². The van der Waals surface area contributed by atoms with Crippen molar-refractivity contribution in [1.82, 2.24) is 15.5 Å². The summed E-state index contributed by atoms with van der Waals surface area (Å²) < 4.78 is 5.54. The number of rotatable bonds is 5. The third-order valence-corrected chi connectivity index (χ3v) is 4.82. The van der Waals surface area contributed by atoms with Crippen molar-refractivity contribution in [2.75, 3.05) is 33.8 Å². The summed E-state index contributed by atoms with van der Waals surface area (Å²) >= 11 is 0. The topological polar surface area (TPSA) is 66.0 Å². The number of nitrogens with zero attached hydrogens (tertiary/aromatic N) is 2. The number of fused-ring (bicyclic) bond motifs is 1. The number of carbonyl (C=O) groups excluding carboxylic acids is 1. The van der Waals surface area contributed by atoms with Crippen molar-refractivity contribution < 1.29 is 9.53 Å². The fourth-order valence-corrected chi connectivity index (χ4v) is 3.13. The average molecular weight is 361 g/mol. The van der Waals surface area contributed by atoms with Gasteiger partial charge in [0.15, 0.2) is 5.96 Å². The van der Waals surface area contributed by atoms with E-state index in [0.717, 1.165) is 13.0 Å². The van der Waals surface area contributed by atoms with E-state index >= 15 is 0 Å². The number of carbonyl (C=O) groups is 1. The zero-order valence-electron chi connectivity index (χ0n) is 16.6. The number of methoxy groups -OCH3 is 1. The van der Waals surface area contributed by atoms with Crippen molar-refractivity contribution >= 4 is 11.9 Å². The highest BCUT2D eigenvalue weighted by Gasteiger charge is 2.25. The van der Waals surface area contributed by atoms with Crippen molar-refractivity contribution in [3.63, 3.8) is 0 Å². The molecule has 0 aromatic heterocycles. The van der Waals surface area contributed by atoms with Crippen LogP contribution in [-0.4, -0.2) is 56.7 Å². The number of hydrogen-bond acceptors (Lipinski definition) is 3. The van der Waals surface area contributed by atoms with E-state index in [0.29, 0.717) is 19.0 Å². The molecule has 1 aliphatic heterocycles. The molecule has 1 amide bonds. The number of amides is 1. The molecule has 1 aromatic rings. The first kappa shape index (κ1) is 20.2. The first-order valence-electron chi connectivity index (χ1n) is 9.17. The van der Waals surface area contributed by atoms with Crippen LogP contribution < -0.4 is 10.6 Å². The van der Waals surface area contributed by atoms with Crippen LogP contribution in [0.2, 0.25) is 0 Å². The van der Waals surface area contributed by atoms with Gasteiger partial charge in [0.25, 0.3) is 0 Å². The lowest BCUT2D eigenvalue weighted by atomic mass is 9.89. The first-order valence-corrected chi connectivity index (χ1v) is 9.17. The Bertz CT molecular complexity index is 637. The van der Waals surface area contributed by atoms with Crippen LogP contribution in [0.4, 0.5) is 0 Å². The van der Waals surface area contributed by atoms with E-state index in [1.54, 1.807) is 14.2 Å². The molecule has 0 spiro atoms. The molecule has 0 saturated carbocycles. The van der Waals surface area contributed by atoms with E-state index in [2.05, 4.69) is 54.6 Å². The van der Waals surface area contributed by atoms with E-state index in [-0.39, 0.29) is 24.0 Å². The van der Waals surface area contributed by atoms with Gasteiger partial charge in [0.05, 0.1) is 12.6 Å². The Morgan fingerprint density at radius 3 is 2.58 bits per heavy atom. The minimum atomic E-state index is 0.0254. The van der Waals surface area contributed by atoms with Crippen molar-refractivity contribution in [2.45, 2.75) is 39.8 Å². The molecule has 0 saturated heterocycles. The Balaban J connectivity index is 1.82. The fraction of sp³-hybridized carbons (Fsp3) is 0.600. The molecule has 0 fully saturated rings. The summed E-state index contributed by atoms with van der Waals surface area (Å²) in [4.78, 5) is 18.6. The van der Waals surface area contributed by atoms with Gasteiger partial charge >= 0.3 is 0 Å². The van der Waals surface area contributed by atoms with Gasteiger partial charge in [0, 0.05) is 33.8 Å². The normalized spacial score (nSPS) is 16.0. The Hall–Kier alpha value is -2.08. The highest BCUT2D eigenvalue weighted by molar-refractivity contribution is 5.86. The molecule has 0 radical (unpaired) electrons. The van der Waals surface area contributed by atoms with Gasteiger partial charge in [0.1, 0.15) is 0 Å². The second-order valence-electron chi connectivity index (χ2n) is 7.73. The Morgan fingerprint density at radius 2 is 1.96 bits per heavy atom. The largest absolute Gasteiger partial charge is 0.379 e. The van der Waals surface area contributed by atoms with Gasteiger partial charge in [-0.05, 0) is 23.0 Å². The van der Waals surface area contributed by atoms with Gasteiger partial charge < -0.3 is 20.3 Å². The molecule has 1 aromatic carbocycles. The molecule has 2 rings (SSSR count). The van der Waals surface area contributed by atoms with E-state index in [1.165, 1.54) is 11.1 Å². The molecule has 0 bridgehead atoms. The molecule has 1 heterocycles. The molecule has 0 aliphatic carbocycles. The average Bonchev–Trinajstić information content (AvgIpc) is 2.62. The van der Waals surface area contributed by atoms with Crippen LogP contribution in [-0.2, 0) is 22.5 Å². The second-order valence-corrected chi connectivity index (χ2v) is 7.73. The number of benzene rings is 1. The summed E-state index contributed by atoms with van der Waals surface area (Å²) in [5, 5.41) is 6.36. The minimum absolute atomic E-state index is 0.0254. The van der Waals surface area contributed by atoms with E-state index in [1.807, 2.05) is 11.0 Å². The predicted molar refractivity (Wildman–Crippen MR) is 105 cm³/mol. The molecule has 144 valence electrons. The SMILES string of the molecule is CN=C(NCC(=O)N1CCc2ccccc2C1)NCC(OC)C(C)(C)C. The van der Waals surface area contributed by atoms with E-state index < -0.39 is 0 Å². The minimum Gasteiger partial charge on any atom is -0.379 e. The maximum Gasteiger partial charge on any atom is 0.242 e. The van der Waals surface area contributed by atoms with Crippen LogP contribution >= 0.6 is 0 Å². The van der Waals surface area contributed by atoms with Crippen LogP contribution in [0.25, 0.3) is 0 Å². The summed E-state index contributed by atoms with van der Waals surface area (Å²) in [5.41, 5.74) is 2.61. The highest BCUT2D eigenvalue weighted by Crippen LogP contribution is 2.21. The van der Waals surface area contributed by atoms with Crippen LogP contribution in [0, 0.1) is 5.41 Å². The van der Waals surface area contributed by atoms with Crippen LogP contribution in [0.1, 0.15) is 31.9 Å². The monoisotopic (exact) mass is 360 g/mol.